The smallest absolute Gasteiger partial charge is 0.397 e. The van der Waals surface area contributed by atoms with E-state index in [0.29, 0.717) is 13.0 Å². The van der Waals surface area contributed by atoms with E-state index in [9.17, 15) is 28.5 Å². The van der Waals surface area contributed by atoms with Crippen molar-refractivity contribution in [3.05, 3.63) is 24.3 Å². The molecule has 0 bridgehead atoms. The van der Waals surface area contributed by atoms with Crippen molar-refractivity contribution in [2.24, 2.45) is 0 Å². The second kappa shape index (κ2) is 39.2. The van der Waals surface area contributed by atoms with E-state index in [2.05, 4.69) is 42.3 Å². The third-order valence-electron chi connectivity index (χ3n) is 11.0. The number of unbranched alkanes of at least 4 members (excludes halogenated alkanes) is 25. The topological polar surface area (TPSA) is 178 Å². The molecule has 0 saturated carbocycles. The summed E-state index contributed by atoms with van der Waals surface area (Å²) in [6.45, 7) is 3.98. The molecule has 0 aliphatic carbocycles. The Hall–Kier alpha value is -1.42. The summed E-state index contributed by atoms with van der Waals surface area (Å²) in [5.41, 5.74) is 0. The van der Waals surface area contributed by atoms with Crippen LogP contribution >= 0.6 is 0 Å². The van der Waals surface area contributed by atoms with E-state index in [1.807, 2.05) is 0 Å². The van der Waals surface area contributed by atoms with Gasteiger partial charge in [0.1, 0.15) is 30.5 Å². The summed E-state index contributed by atoms with van der Waals surface area (Å²) in [7, 11) is -5.06. The van der Waals surface area contributed by atoms with E-state index >= 15 is 0 Å². The van der Waals surface area contributed by atoms with Crippen LogP contribution in [0.15, 0.2) is 24.3 Å². The Morgan fingerprint density at radius 3 is 1.50 bits per heavy atom. The number of rotatable bonds is 42. The van der Waals surface area contributed by atoms with Crippen molar-refractivity contribution in [2.45, 2.75) is 243 Å². The summed E-state index contributed by atoms with van der Waals surface area (Å²) in [5, 5.41) is 30.7. The molecule has 0 radical (unpaired) electrons. The summed E-state index contributed by atoms with van der Waals surface area (Å²) in [5.74, 6) is -0.407. The quantitative estimate of drug-likeness (QED) is 0.0198. The van der Waals surface area contributed by atoms with Crippen molar-refractivity contribution >= 4 is 16.4 Å². The van der Waals surface area contributed by atoms with Crippen LogP contribution in [-0.2, 0) is 38.3 Å². The van der Waals surface area contributed by atoms with Crippen LogP contribution in [0.5, 0.6) is 0 Å². The fourth-order valence-corrected chi connectivity index (χ4v) is 7.88. The van der Waals surface area contributed by atoms with Crippen LogP contribution in [0, 0.1) is 0 Å². The Balaban J connectivity index is 2.39. The number of ether oxygens (including phenoxy) is 4. The minimum absolute atomic E-state index is 0.0330. The fraction of sp³-hybridized carbons (Fsp3) is 0.894. The average Bonchev–Trinajstić information content (AvgIpc) is 3.22. The first-order valence-electron chi connectivity index (χ1n) is 24.1. The van der Waals surface area contributed by atoms with Gasteiger partial charge in [-0.2, -0.15) is 8.42 Å². The molecule has 4 N–H and O–H groups in total. The highest BCUT2D eigenvalue weighted by atomic mass is 32.3. The van der Waals surface area contributed by atoms with Crippen LogP contribution in [0.1, 0.15) is 206 Å². The van der Waals surface area contributed by atoms with Gasteiger partial charge < -0.3 is 34.3 Å². The SMILES string of the molecule is CCCCCCC/C=C\CCCCCCCC(=O)OC(COCCCCCCCCCC/C=C\CCCCCCCCC)COC1OC(CO)C(O)C(OS(=O)(=O)O)C1O. The van der Waals surface area contributed by atoms with Gasteiger partial charge in [0.25, 0.3) is 0 Å². The first kappa shape index (κ1) is 56.6. The van der Waals surface area contributed by atoms with Crippen molar-refractivity contribution < 1.29 is 56.2 Å². The number of aliphatic hydroxyl groups is 3. The maximum Gasteiger partial charge on any atom is 0.397 e. The molecule has 0 amide bonds. The number of allylic oxidation sites excluding steroid dienone is 4. The van der Waals surface area contributed by atoms with Gasteiger partial charge in [0.15, 0.2) is 6.29 Å². The second-order valence-electron chi connectivity index (χ2n) is 16.7. The molecular weight excluding hydrogens is 789 g/mol. The zero-order chi connectivity index (χ0) is 43.9. The van der Waals surface area contributed by atoms with Gasteiger partial charge in [0.05, 0.1) is 19.8 Å². The number of hydrogen-bond donors (Lipinski definition) is 4. The van der Waals surface area contributed by atoms with E-state index in [-0.39, 0.29) is 19.6 Å². The predicted octanol–water partition coefficient (Wildman–Crippen LogP) is 10.4. The van der Waals surface area contributed by atoms with Gasteiger partial charge in [-0.1, -0.05) is 160 Å². The highest BCUT2D eigenvalue weighted by Gasteiger charge is 2.48. The molecule has 0 spiro atoms. The molecular formula is C47H88O12S. The monoisotopic (exact) mass is 877 g/mol. The van der Waals surface area contributed by atoms with Crippen LogP contribution in [0.3, 0.4) is 0 Å². The van der Waals surface area contributed by atoms with Gasteiger partial charge in [-0.15, -0.1) is 0 Å². The maximum absolute atomic E-state index is 12.8. The van der Waals surface area contributed by atoms with Crippen LogP contribution < -0.4 is 0 Å². The Morgan fingerprint density at radius 2 is 1.05 bits per heavy atom. The molecule has 6 unspecified atom stereocenters. The average molecular weight is 877 g/mol. The van der Waals surface area contributed by atoms with E-state index in [1.54, 1.807) is 0 Å². The lowest BCUT2D eigenvalue weighted by Crippen LogP contribution is -2.60. The lowest BCUT2D eigenvalue weighted by molar-refractivity contribution is -0.301. The molecule has 13 heteroatoms. The lowest BCUT2D eigenvalue weighted by Gasteiger charge is -2.41. The first-order valence-corrected chi connectivity index (χ1v) is 25.5. The molecule has 0 aromatic heterocycles. The zero-order valence-corrected chi connectivity index (χ0v) is 38.6. The summed E-state index contributed by atoms with van der Waals surface area (Å²) >= 11 is 0. The largest absolute Gasteiger partial charge is 0.457 e. The van der Waals surface area contributed by atoms with E-state index in [1.165, 1.54) is 122 Å². The van der Waals surface area contributed by atoms with E-state index in [0.717, 1.165) is 57.8 Å². The fourth-order valence-electron chi connectivity index (χ4n) is 7.37. The summed E-state index contributed by atoms with van der Waals surface area (Å²) in [4.78, 5) is 12.8. The summed E-state index contributed by atoms with van der Waals surface area (Å²) in [6.07, 6.45) is 34.9. The highest BCUT2D eigenvalue weighted by Crippen LogP contribution is 2.26. The molecule has 60 heavy (non-hydrogen) atoms. The molecule has 1 heterocycles. The molecule has 12 nitrogen and oxygen atoms in total. The van der Waals surface area contributed by atoms with Crippen LogP contribution in [0.4, 0.5) is 0 Å². The minimum Gasteiger partial charge on any atom is -0.457 e. The molecule has 1 aliphatic heterocycles. The van der Waals surface area contributed by atoms with E-state index < -0.39 is 59.8 Å². The molecule has 1 fully saturated rings. The van der Waals surface area contributed by atoms with Crippen molar-refractivity contribution in [1.82, 2.24) is 0 Å². The van der Waals surface area contributed by atoms with Gasteiger partial charge in [-0.25, -0.2) is 4.18 Å². The van der Waals surface area contributed by atoms with Gasteiger partial charge >= 0.3 is 16.4 Å². The van der Waals surface area contributed by atoms with Crippen molar-refractivity contribution in [3.8, 4) is 0 Å². The number of aliphatic hydroxyl groups excluding tert-OH is 3. The zero-order valence-electron chi connectivity index (χ0n) is 37.8. The van der Waals surface area contributed by atoms with Gasteiger partial charge in [0, 0.05) is 13.0 Å². The summed E-state index contributed by atoms with van der Waals surface area (Å²) in [6, 6.07) is 0. The van der Waals surface area contributed by atoms with Crippen LogP contribution in [-0.4, -0.2) is 97.5 Å². The maximum atomic E-state index is 12.8. The highest BCUT2D eigenvalue weighted by molar-refractivity contribution is 7.80. The molecule has 0 aromatic rings. The number of esters is 1. The van der Waals surface area contributed by atoms with Gasteiger partial charge in [-0.3, -0.25) is 9.35 Å². The molecule has 1 saturated heterocycles. The molecule has 6 atom stereocenters. The molecule has 1 rings (SSSR count). The third-order valence-corrected chi connectivity index (χ3v) is 11.5. The minimum atomic E-state index is -5.06. The molecule has 354 valence electrons. The molecule has 0 aromatic carbocycles. The van der Waals surface area contributed by atoms with Gasteiger partial charge in [-0.05, 0) is 64.2 Å². The van der Waals surface area contributed by atoms with Crippen LogP contribution in [0.2, 0.25) is 0 Å². The Kier molecular flexibility index (Phi) is 37.0. The van der Waals surface area contributed by atoms with Crippen molar-refractivity contribution in [3.63, 3.8) is 0 Å². The number of carbonyl (C=O) groups excluding carboxylic acids is 1. The first-order chi connectivity index (χ1) is 29.1. The Labute approximate surface area is 365 Å². The number of carbonyl (C=O) groups is 1. The van der Waals surface area contributed by atoms with Crippen molar-refractivity contribution in [1.29, 1.82) is 0 Å². The Morgan fingerprint density at radius 1 is 0.617 bits per heavy atom. The third kappa shape index (κ3) is 32.3. The number of hydrogen-bond acceptors (Lipinski definition) is 11. The standard InChI is InChI=1S/C47H88O12S/c1-3-5-7-9-11-13-15-17-19-20-21-22-23-25-27-29-31-33-35-37-55-39-41(40-56-47-45(51)46(59-60(52,53)54)44(50)42(38-48)58-47)57-43(49)36-34-32-30-28-26-24-18-16-14-12-10-8-6-4-2/h16,18-20,41-42,44-48,50-51H,3-15,17,21-40H2,1-2H3,(H,52,53,54)/b18-16-,20-19-. The predicted molar refractivity (Wildman–Crippen MR) is 239 cm³/mol. The van der Waals surface area contributed by atoms with Crippen LogP contribution in [0.25, 0.3) is 0 Å². The molecule has 1 aliphatic rings. The summed E-state index contributed by atoms with van der Waals surface area (Å²) < 4.78 is 59.1. The van der Waals surface area contributed by atoms with Gasteiger partial charge in [0.2, 0.25) is 0 Å². The lowest BCUT2D eigenvalue weighted by atomic mass is 9.99. The van der Waals surface area contributed by atoms with Crippen molar-refractivity contribution in [2.75, 3.05) is 26.4 Å². The normalized spacial score (nSPS) is 20.4. The van der Waals surface area contributed by atoms with E-state index in [4.69, 9.17) is 23.5 Å². The second-order valence-corrected chi connectivity index (χ2v) is 17.7. The Bertz CT molecular complexity index is 1150.